The first-order valence-electron chi connectivity index (χ1n) is 7.98. The number of hydrogen-bond acceptors (Lipinski definition) is 5. The van der Waals surface area contributed by atoms with Crippen LogP contribution in [0, 0.1) is 5.92 Å². The molecule has 1 fully saturated rings. The SMILES string of the molecule is Cn1ccnc1C(Nc1nc2ccccc2o1)C1CCOCC1. The molecule has 3 aromatic rings. The zero-order chi connectivity index (χ0) is 15.6. The molecule has 6 heteroatoms. The molecule has 1 N–H and O–H groups in total. The quantitative estimate of drug-likeness (QED) is 0.801. The summed E-state index contributed by atoms with van der Waals surface area (Å²) in [6, 6.07) is 8.40. The number of fused-ring (bicyclic) bond motifs is 1. The molecule has 0 bridgehead atoms. The second kappa shape index (κ2) is 6.04. The van der Waals surface area contributed by atoms with Gasteiger partial charge in [-0.1, -0.05) is 12.1 Å². The Morgan fingerprint density at radius 2 is 2.09 bits per heavy atom. The number of nitrogens with one attached hydrogen (secondary N) is 1. The smallest absolute Gasteiger partial charge is 0.296 e. The third-order valence-corrected chi connectivity index (χ3v) is 4.45. The van der Waals surface area contributed by atoms with Crippen molar-refractivity contribution in [2.45, 2.75) is 18.9 Å². The molecule has 2 aromatic heterocycles. The molecule has 0 radical (unpaired) electrons. The second-order valence-electron chi connectivity index (χ2n) is 5.95. The van der Waals surface area contributed by atoms with Crippen LogP contribution in [-0.4, -0.2) is 27.7 Å². The summed E-state index contributed by atoms with van der Waals surface area (Å²) in [6.45, 7) is 1.58. The van der Waals surface area contributed by atoms with Crippen molar-refractivity contribution in [3.63, 3.8) is 0 Å². The molecule has 1 aromatic carbocycles. The van der Waals surface area contributed by atoms with E-state index < -0.39 is 0 Å². The molecule has 4 rings (SSSR count). The molecule has 1 aliphatic rings. The number of para-hydroxylation sites is 2. The number of ether oxygens (including phenoxy) is 1. The molecule has 1 aliphatic heterocycles. The number of imidazole rings is 1. The van der Waals surface area contributed by atoms with Gasteiger partial charge >= 0.3 is 0 Å². The summed E-state index contributed by atoms with van der Waals surface area (Å²) in [4.78, 5) is 9.07. The Hall–Kier alpha value is -2.34. The van der Waals surface area contributed by atoms with E-state index in [1.165, 1.54) is 0 Å². The van der Waals surface area contributed by atoms with E-state index in [2.05, 4.69) is 19.9 Å². The number of anilines is 1. The number of oxazole rings is 1. The maximum Gasteiger partial charge on any atom is 0.296 e. The highest BCUT2D eigenvalue weighted by molar-refractivity contribution is 5.74. The van der Waals surface area contributed by atoms with Crippen molar-refractivity contribution >= 4 is 17.1 Å². The van der Waals surface area contributed by atoms with E-state index in [0.29, 0.717) is 11.9 Å². The van der Waals surface area contributed by atoms with E-state index >= 15 is 0 Å². The number of aryl methyl sites for hydroxylation is 1. The zero-order valence-corrected chi connectivity index (χ0v) is 13.1. The van der Waals surface area contributed by atoms with Crippen LogP contribution in [-0.2, 0) is 11.8 Å². The average molecular weight is 312 g/mol. The Balaban J connectivity index is 1.65. The summed E-state index contributed by atoms with van der Waals surface area (Å²) >= 11 is 0. The standard InChI is InChI=1S/C17H20N4O2/c1-21-9-8-18-16(21)15(12-6-10-22-11-7-12)20-17-19-13-4-2-3-5-14(13)23-17/h2-5,8-9,12,15H,6-7,10-11H2,1H3,(H,19,20). The molecule has 120 valence electrons. The molecule has 0 aliphatic carbocycles. The lowest BCUT2D eigenvalue weighted by Gasteiger charge is -2.30. The van der Waals surface area contributed by atoms with Gasteiger partial charge < -0.3 is 19.0 Å². The van der Waals surface area contributed by atoms with Crippen LogP contribution >= 0.6 is 0 Å². The Morgan fingerprint density at radius 3 is 2.83 bits per heavy atom. The molecule has 1 saturated heterocycles. The van der Waals surface area contributed by atoms with E-state index in [9.17, 15) is 0 Å². The van der Waals surface area contributed by atoms with Gasteiger partial charge in [-0.05, 0) is 30.9 Å². The van der Waals surface area contributed by atoms with Crippen LogP contribution in [0.1, 0.15) is 24.7 Å². The van der Waals surface area contributed by atoms with Crippen molar-refractivity contribution in [1.29, 1.82) is 0 Å². The first-order valence-corrected chi connectivity index (χ1v) is 7.98. The minimum atomic E-state index is 0.0620. The van der Waals surface area contributed by atoms with Gasteiger partial charge in [0, 0.05) is 32.7 Å². The third-order valence-electron chi connectivity index (χ3n) is 4.45. The second-order valence-corrected chi connectivity index (χ2v) is 5.95. The first-order chi connectivity index (χ1) is 11.3. The fourth-order valence-corrected chi connectivity index (χ4v) is 3.19. The van der Waals surface area contributed by atoms with Crippen LogP contribution < -0.4 is 5.32 Å². The van der Waals surface area contributed by atoms with Crippen molar-refractivity contribution in [2.75, 3.05) is 18.5 Å². The predicted octanol–water partition coefficient (Wildman–Crippen LogP) is 3.14. The monoisotopic (exact) mass is 312 g/mol. The van der Waals surface area contributed by atoms with Gasteiger partial charge in [0.2, 0.25) is 0 Å². The highest BCUT2D eigenvalue weighted by atomic mass is 16.5. The molecule has 23 heavy (non-hydrogen) atoms. The summed E-state index contributed by atoms with van der Waals surface area (Å²) in [5, 5.41) is 3.46. The Kier molecular flexibility index (Phi) is 3.75. The number of hydrogen-bond donors (Lipinski definition) is 1. The van der Waals surface area contributed by atoms with Crippen molar-refractivity contribution < 1.29 is 9.15 Å². The minimum absolute atomic E-state index is 0.0620. The van der Waals surface area contributed by atoms with E-state index in [1.807, 2.05) is 43.7 Å². The van der Waals surface area contributed by atoms with Gasteiger partial charge in [0.1, 0.15) is 11.3 Å². The zero-order valence-electron chi connectivity index (χ0n) is 13.1. The fraction of sp³-hybridized carbons (Fsp3) is 0.412. The topological polar surface area (TPSA) is 65.1 Å². The Labute approximate surface area is 134 Å². The highest BCUT2D eigenvalue weighted by Gasteiger charge is 2.29. The molecule has 1 unspecified atom stereocenters. The van der Waals surface area contributed by atoms with Gasteiger partial charge in [-0.2, -0.15) is 4.98 Å². The minimum Gasteiger partial charge on any atom is -0.424 e. The van der Waals surface area contributed by atoms with E-state index in [-0.39, 0.29) is 6.04 Å². The maximum atomic E-state index is 5.84. The van der Waals surface area contributed by atoms with Crippen molar-refractivity contribution in [3.05, 3.63) is 42.5 Å². The lowest BCUT2D eigenvalue weighted by molar-refractivity contribution is 0.0592. The van der Waals surface area contributed by atoms with E-state index in [4.69, 9.17) is 9.15 Å². The van der Waals surface area contributed by atoms with Gasteiger partial charge in [-0.15, -0.1) is 0 Å². The fourth-order valence-electron chi connectivity index (χ4n) is 3.19. The van der Waals surface area contributed by atoms with Crippen molar-refractivity contribution in [3.8, 4) is 0 Å². The molecule has 0 amide bonds. The van der Waals surface area contributed by atoms with Gasteiger partial charge in [0.25, 0.3) is 6.01 Å². The predicted molar refractivity (Wildman–Crippen MR) is 87.1 cm³/mol. The molecular weight excluding hydrogens is 292 g/mol. The number of aromatic nitrogens is 3. The Bertz CT molecular complexity index is 756. The van der Waals surface area contributed by atoms with Crippen molar-refractivity contribution in [2.24, 2.45) is 13.0 Å². The summed E-state index contributed by atoms with van der Waals surface area (Å²) in [6.07, 6.45) is 5.81. The molecular formula is C17H20N4O2. The first kappa shape index (κ1) is 14.3. The van der Waals surface area contributed by atoms with Crippen LogP contribution in [0.25, 0.3) is 11.1 Å². The summed E-state index contributed by atoms with van der Waals surface area (Å²) < 4.78 is 13.4. The van der Waals surface area contributed by atoms with Gasteiger partial charge in [-0.25, -0.2) is 4.98 Å². The van der Waals surface area contributed by atoms with Crippen LogP contribution in [0.3, 0.4) is 0 Å². The summed E-state index contributed by atoms with van der Waals surface area (Å²) in [5.41, 5.74) is 1.65. The molecule has 1 atom stereocenters. The molecule has 6 nitrogen and oxygen atoms in total. The largest absolute Gasteiger partial charge is 0.424 e. The normalized spacial score (nSPS) is 17.4. The lowest BCUT2D eigenvalue weighted by atomic mass is 9.91. The highest BCUT2D eigenvalue weighted by Crippen LogP contribution is 2.32. The molecule has 0 spiro atoms. The lowest BCUT2D eigenvalue weighted by Crippen LogP contribution is -2.29. The average Bonchev–Trinajstić information content (AvgIpc) is 3.19. The summed E-state index contributed by atoms with van der Waals surface area (Å²) in [5.74, 6) is 1.44. The van der Waals surface area contributed by atoms with Gasteiger partial charge in [0.05, 0.1) is 6.04 Å². The molecule has 0 saturated carbocycles. The third kappa shape index (κ3) is 2.82. The summed E-state index contributed by atoms with van der Waals surface area (Å²) in [7, 11) is 2.02. The number of benzene rings is 1. The van der Waals surface area contributed by atoms with E-state index in [1.54, 1.807) is 0 Å². The van der Waals surface area contributed by atoms with E-state index in [0.717, 1.165) is 43.0 Å². The Morgan fingerprint density at radius 1 is 1.26 bits per heavy atom. The van der Waals surface area contributed by atoms with Crippen LogP contribution in [0.5, 0.6) is 0 Å². The van der Waals surface area contributed by atoms with Gasteiger partial charge in [0.15, 0.2) is 5.58 Å². The van der Waals surface area contributed by atoms with Crippen LogP contribution in [0.2, 0.25) is 0 Å². The molecule has 3 heterocycles. The number of nitrogens with zero attached hydrogens (tertiary/aromatic N) is 3. The van der Waals surface area contributed by atoms with Crippen molar-refractivity contribution in [1.82, 2.24) is 14.5 Å². The van der Waals surface area contributed by atoms with Crippen LogP contribution in [0.4, 0.5) is 6.01 Å². The number of rotatable bonds is 4. The van der Waals surface area contributed by atoms with Gasteiger partial charge in [-0.3, -0.25) is 0 Å². The van der Waals surface area contributed by atoms with Crippen LogP contribution in [0.15, 0.2) is 41.1 Å². The maximum absolute atomic E-state index is 5.84.